The second-order valence-corrected chi connectivity index (χ2v) is 6.91. The Morgan fingerprint density at radius 2 is 2.04 bits per heavy atom. The molecule has 7 nitrogen and oxygen atoms in total. The number of aryl methyl sites for hydroxylation is 2. The zero-order valence-electron chi connectivity index (χ0n) is 15.7. The lowest BCUT2D eigenvalue weighted by Gasteiger charge is -2.11. The van der Waals surface area contributed by atoms with E-state index in [1.165, 1.54) is 0 Å². The fourth-order valence-corrected chi connectivity index (χ4v) is 3.19. The molecule has 4 rings (SSSR count). The Balaban J connectivity index is 1.54. The number of methoxy groups -OCH3 is 1. The number of hydrogen-bond donors (Lipinski definition) is 1. The molecule has 1 aliphatic carbocycles. The maximum absolute atomic E-state index is 12.6. The third-order valence-corrected chi connectivity index (χ3v) is 4.76. The highest BCUT2D eigenvalue weighted by Gasteiger charge is 2.30. The number of nitrogens with zero attached hydrogens (tertiary/aromatic N) is 3. The zero-order chi connectivity index (χ0) is 19.0. The van der Waals surface area contributed by atoms with Gasteiger partial charge in [-0.15, -0.1) is 0 Å². The molecule has 1 amide bonds. The average molecular weight is 366 g/mol. The Hall–Kier alpha value is -3.09. The first kappa shape index (κ1) is 17.3. The second kappa shape index (κ2) is 6.90. The molecule has 7 heteroatoms. The maximum Gasteiger partial charge on any atom is 0.274 e. The molecule has 1 aliphatic rings. The lowest BCUT2D eigenvalue weighted by molar-refractivity contribution is -0.116. The van der Waals surface area contributed by atoms with Gasteiger partial charge in [0.05, 0.1) is 7.11 Å². The number of hydrogen-bond acceptors (Lipinski definition) is 5. The molecule has 0 unspecified atom stereocenters. The van der Waals surface area contributed by atoms with E-state index in [0.717, 1.165) is 47.1 Å². The predicted molar refractivity (Wildman–Crippen MR) is 101 cm³/mol. The van der Waals surface area contributed by atoms with Crippen LogP contribution in [0, 0.1) is 13.8 Å². The van der Waals surface area contributed by atoms with Crippen LogP contribution in [0.1, 0.15) is 35.8 Å². The first-order valence-corrected chi connectivity index (χ1v) is 8.99. The molecule has 1 N–H and O–H groups in total. The van der Waals surface area contributed by atoms with Gasteiger partial charge < -0.3 is 19.1 Å². The van der Waals surface area contributed by atoms with Crippen molar-refractivity contribution in [2.45, 2.75) is 39.2 Å². The molecule has 140 valence electrons. The van der Waals surface area contributed by atoms with Crippen LogP contribution < -0.4 is 10.1 Å². The van der Waals surface area contributed by atoms with Gasteiger partial charge in [0.15, 0.2) is 5.82 Å². The quantitative estimate of drug-likeness (QED) is 0.720. The first-order valence-electron chi connectivity index (χ1n) is 8.99. The van der Waals surface area contributed by atoms with Crippen LogP contribution in [0.15, 0.2) is 34.9 Å². The molecular weight excluding hydrogens is 344 g/mol. The minimum absolute atomic E-state index is 0.123. The molecule has 0 saturated heterocycles. The van der Waals surface area contributed by atoms with Crippen molar-refractivity contribution in [1.29, 1.82) is 0 Å². The number of carbonyl (C=O) groups excluding carboxylic acids is 1. The summed E-state index contributed by atoms with van der Waals surface area (Å²) in [5.41, 5.74) is 3.50. The number of amides is 1. The first-order chi connectivity index (χ1) is 13.0. The smallest absolute Gasteiger partial charge is 0.274 e. The van der Waals surface area contributed by atoms with Gasteiger partial charge in [-0.25, -0.2) is 0 Å². The molecule has 0 radical (unpaired) electrons. The summed E-state index contributed by atoms with van der Waals surface area (Å²) in [6.45, 7) is 4.12. The molecule has 0 atom stereocenters. The van der Waals surface area contributed by atoms with Crippen LogP contribution >= 0.6 is 0 Å². The van der Waals surface area contributed by atoms with Crippen LogP contribution in [0.4, 0.5) is 5.69 Å². The van der Waals surface area contributed by atoms with Crippen molar-refractivity contribution < 1.29 is 14.1 Å². The summed E-state index contributed by atoms with van der Waals surface area (Å²) in [7, 11) is 1.61. The fourth-order valence-electron chi connectivity index (χ4n) is 3.19. The lowest BCUT2D eigenvalue weighted by Crippen LogP contribution is -2.20. The highest BCUT2D eigenvalue weighted by atomic mass is 16.5. The predicted octanol–water partition coefficient (Wildman–Crippen LogP) is 3.68. The van der Waals surface area contributed by atoms with Gasteiger partial charge in [-0.05, 0) is 62.6 Å². The molecule has 2 heterocycles. The fraction of sp³-hybridized carbons (Fsp3) is 0.350. The number of anilines is 1. The summed E-state index contributed by atoms with van der Waals surface area (Å²) in [4.78, 5) is 17.1. The van der Waals surface area contributed by atoms with Crippen LogP contribution in [0.3, 0.4) is 0 Å². The van der Waals surface area contributed by atoms with Gasteiger partial charge in [0.25, 0.3) is 5.89 Å². The van der Waals surface area contributed by atoms with E-state index in [2.05, 4.69) is 15.5 Å². The van der Waals surface area contributed by atoms with Crippen LogP contribution in [0.25, 0.3) is 11.6 Å². The highest BCUT2D eigenvalue weighted by molar-refractivity contribution is 5.91. The molecule has 1 saturated carbocycles. The Kier molecular flexibility index (Phi) is 4.43. The Bertz CT molecular complexity index is 968. The molecule has 1 fully saturated rings. The van der Waals surface area contributed by atoms with Crippen molar-refractivity contribution in [2.75, 3.05) is 12.4 Å². The van der Waals surface area contributed by atoms with E-state index in [9.17, 15) is 4.79 Å². The largest absolute Gasteiger partial charge is 0.497 e. The third-order valence-electron chi connectivity index (χ3n) is 4.76. The van der Waals surface area contributed by atoms with Crippen LogP contribution in [-0.4, -0.2) is 27.7 Å². The van der Waals surface area contributed by atoms with E-state index in [0.29, 0.717) is 11.8 Å². The topological polar surface area (TPSA) is 82.2 Å². The number of benzene rings is 1. The van der Waals surface area contributed by atoms with Crippen molar-refractivity contribution in [3.05, 3.63) is 47.4 Å². The summed E-state index contributed by atoms with van der Waals surface area (Å²) < 4.78 is 12.5. The van der Waals surface area contributed by atoms with Crippen molar-refractivity contribution >= 4 is 11.6 Å². The molecular formula is C20H22N4O3. The normalized spacial score (nSPS) is 13.6. The van der Waals surface area contributed by atoms with Crippen molar-refractivity contribution in [3.8, 4) is 17.3 Å². The SMILES string of the molecule is COc1ccc(NC(=O)Cn2c(C)cc(C)c2-c2nc(C3CC3)no2)cc1. The van der Waals surface area contributed by atoms with Gasteiger partial charge in [-0.2, -0.15) is 4.98 Å². The van der Waals surface area contributed by atoms with E-state index in [-0.39, 0.29) is 12.5 Å². The zero-order valence-corrected chi connectivity index (χ0v) is 15.7. The van der Waals surface area contributed by atoms with E-state index >= 15 is 0 Å². The molecule has 3 aromatic rings. The van der Waals surface area contributed by atoms with Gasteiger partial charge in [0, 0.05) is 17.3 Å². The number of nitrogens with one attached hydrogen (secondary N) is 1. The summed E-state index contributed by atoms with van der Waals surface area (Å²) in [5.74, 6) is 2.28. The van der Waals surface area contributed by atoms with Gasteiger partial charge in [-0.1, -0.05) is 5.16 Å². The highest BCUT2D eigenvalue weighted by Crippen LogP contribution is 2.39. The van der Waals surface area contributed by atoms with Gasteiger partial charge in [0.2, 0.25) is 5.91 Å². The van der Waals surface area contributed by atoms with E-state index in [1.54, 1.807) is 7.11 Å². The lowest BCUT2D eigenvalue weighted by atomic mass is 10.2. The van der Waals surface area contributed by atoms with E-state index in [1.807, 2.05) is 48.7 Å². The number of carbonyl (C=O) groups is 1. The Morgan fingerprint density at radius 1 is 1.30 bits per heavy atom. The number of ether oxygens (including phenoxy) is 1. The van der Waals surface area contributed by atoms with Gasteiger partial charge in [0.1, 0.15) is 18.0 Å². The monoisotopic (exact) mass is 366 g/mol. The molecule has 1 aromatic carbocycles. The maximum atomic E-state index is 12.6. The summed E-state index contributed by atoms with van der Waals surface area (Å²) in [5, 5.41) is 7.01. The molecule has 0 aliphatic heterocycles. The van der Waals surface area contributed by atoms with Crippen LogP contribution in [-0.2, 0) is 11.3 Å². The van der Waals surface area contributed by atoms with Crippen LogP contribution in [0.2, 0.25) is 0 Å². The molecule has 27 heavy (non-hydrogen) atoms. The Labute approximate surface area is 157 Å². The van der Waals surface area contributed by atoms with Gasteiger partial charge >= 0.3 is 0 Å². The van der Waals surface area contributed by atoms with E-state index < -0.39 is 0 Å². The molecule has 0 spiro atoms. The number of rotatable bonds is 6. The molecule has 2 aromatic heterocycles. The minimum atomic E-state index is -0.123. The minimum Gasteiger partial charge on any atom is -0.497 e. The van der Waals surface area contributed by atoms with E-state index in [4.69, 9.17) is 9.26 Å². The van der Waals surface area contributed by atoms with Crippen molar-refractivity contribution in [3.63, 3.8) is 0 Å². The van der Waals surface area contributed by atoms with Crippen LogP contribution in [0.5, 0.6) is 5.75 Å². The number of aromatic nitrogens is 3. The van der Waals surface area contributed by atoms with Crippen molar-refractivity contribution in [2.24, 2.45) is 0 Å². The second-order valence-electron chi connectivity index (χ2n) is 6.91. The summed E-state index contributed by atoms with van der Waals surface area (Å²) in [6, 6.07) is 9.27. The Morgan fingerprint density at radius 3 is 2.70 bits per heavy atom. The average Bonchev–Trinajstić information content (AvgIpc) is 3.33. The van der Waals surface area contributed by atoms with Crippen molar-refractivity contribution in [1.82, 2.24) is 14.7 Å². The van der Waals surface area contributed by atoms with Gasteiger partial charge in [-0.3, -0.25) is 4.79 Å². The standard InChI is InChI=1S/C20H22N4O3/c1-12-10-13(2)24(18(12)20-22-19(23-27-20)14-4-5-14)11-17(25)21-15-6-8-16(26-3)9-7-15/h6-10,14H,4-5,11H2,1-3H3,(H,21,25). The third kappa shape index (κ3) is 3.58. The molecule has 0 bridgehead atoms. The summed E-state index contributed by atoms with van der Waals surface area (Å²) >= 11 is 0. The summed E-state index contributed by atoms with van der Waals surface area (Å²) in [6.07, 6.45) is 2.23.